The third-order valence-corrected chi connectivity index (χ3v) is 4.06. The van der Waals surface area contributed by atoms with Crippen molar-refractivity contribution in [2.75, 3.05) is 7.11 Å². The lowest BCUT2D eigenvalue weighted by molar-refractivity contribution is 0.0995. The summed E-state index contributed by atoms with van der Waals surface area (Å²) in [6.07, 6.45) is 0. The summed E-state index contributed by atoms with van der Waals surface area (Å²) in [5.74, 6) is 0.189. The number of aromatic hydroxyl groups is 1. The van der Waals surface area contributed by atoms with E-state index in [2.05, 4.69) is 10.2 Å². The van der Waals surface area contributed by atoms with Crippen molar-refractivity contribution in [3.8, 4) is 11.6 Å². The van der Waals surface area contributed by atoms with Crippen molar-refractivity contribution in [3.63, 3.8) is 0 Å². The molecule has 0 saturated heterocycles. The lowest BCUT2D eigenvalue weighted by Gasteiger charge is -2.01. The van der Waals surface area contributed by atoms with Gasteiger partial charge in [-0.2, -0.15) is 0 Å². The molecule has 25 heavy (non-hydrogen) atoms. The zero-order valence-corrected chi connectivity index (χ0v) is 14.4. The highest BCUT2D eigenvalue weighted by molar-refractivity contribution is 5.97. The van der Waals surface area contributed by atoms with E-state index in [9.17, 15) is 9.90 Å². The number of aryl methyl sites for hydroxylation is 2. The molecule has 1 N–H and O–H groups in total. The molecule has 0 bridgehead atoms. The monoisotopic (exact) mass is 337 g/mol. The van der Waals surface area contributed by atoms with Crippen LogP contribution in [0.5, 0.6) is 11.6 Å². The number of nitrogens with zero attached hydrogens (tertiary/aromatic N) is 3. The molecule has 0 radical (unpaired) electrons. The number of carbonyl (C=O) groups is 1. The molecule has 0 saturated carbocycles. The minimum Gasteiger partial charge on any atom is -0.497 e. The molecule has 0 aliphatic rings. The molecule has 0 aliphatic heterocycles. The number of ether oxygens (including phenoxy) is 1. The first-order valence-corrected chi connectivity index (χ1v) is 7.97. The normalized spacial score (nSPS) is 11.3. The van der Waals surface area contributed by atoms with E-state index in [0.717, 1.165) is 16.5 Å². The van der Waals surface area contributed by atoms with Gasteiger partial charge in [0.15, 0.2) is 5.69 Å². The van der Waals surface area contributed by atoms with Crippen LogP contribution in [0.1, 0.15) is 22.8 Å². The van der Waals surface area contributed by atoms with Crippen molar-refractivity contribution >= 4 is 22.5 Å². The van der Waals surface area contributed by atoms with E-state index in [0.29, 0.717) is 23.5 Å². The van der Waals surface area contributed by atoms with Crippen LogP contribution in [0.2, 0.25) is 0 Å². The molecule has 0 fully saturated rings. The van der Waals surface area contributed by atoms with Gasteiger partial charge in [-0.05, 0) is 50.2 Å². The van der Waals surface area contributed by atoms with Crippen molar-refractivity contribution in [2.24, 2.45) is 10.2 Å². The van der Waals surface area contributed by atoms with Crippen molar-refractivity contribution in [1.82, 2.24) is 4.57 Å². The molecule has 2 aromatic carbocycles. The molecule has 6 heteroatoms. The van der Waals surface area contributed by atoms with Gasteiger partial charge in [0.05, 0.1) is 12.6 Å². The fourth-order valence-corrected chi connectivity index (χ4v) is 2.74. The number of benzene rings is 2. The summed E-state index contributed by atoms with van der Waals surface area (Å²) in [5.41, 5.74) is 2.61. The van der Waals surface area contributed by atoms with E-state index in [1.807, 2.05) is 32.0 Å². The van der Waals surface area contributed by atoms with Crippen LogP contribution in [0.4, 0.5) is 5.69 Å². The molecule has 3 aromatic rings. The average molecular weight is 337 g/mol. The summed E-state index contributed by atoms with van der Waals surface area (Å²) in [7, 11) is 1.56. The van der Waals surface area contributed by atoms with Crippen LogP contribution in [0.15, 0.2) is 52.7 Å². The molecule has 1 amide bonds. The van der Waals surface area contributed by atoms with Gasteiger partial charge in [-0.25, -0.2) is 0 Å². The summed E-state index contributed by atoms with van der Waals surface area (Å²) < 4.78 is 6.80. The van der Waals surface area contributed by atoms with Crippen LogP contribution in [0, 0.1) is 6.92 Å². The van der Waals surface area contributed by atoms with Gasteiger partial charge >= 0.3 is 0 Å². The van der Waals surface area contributed by atoms with Gasteiger partial charge in [0.1, 0.15) is 5.75 Å². The zero-order chi connectivity index (χ0) is 18.0. The maximum absolute atomic E-state index is 12.2. The Kier molecular flexibility index (Phi) is 4.52. The van der Waals surface area contributed by atoms with Gasteiger partial charge in [0.2, 0.25) is 5.88 Å². The lowest BCUT2D eigenvalue weighted by Crippen LogP contribution is -1.93. The van der Waals surface area contributed by atoms with Crippen LogP contribution in [-0.4, -0.2) is 22.7 Å². The quantitative estimate of drug-likeness (QED) is 0.706. The van der Waals surface area contributed by atoms with Gasteiger partial charge in [-0.15, -0.1) is 10.2 Å². The Morgan fingerprint density at radius 1 is 1.20 bits per heavy atom. The Hall–Kier alpha value is -3.15. The number of amides is 1. The fraction of sp³-hybridized carbons (Fsp3) is 0.211. The van der Waals surface area contributed by atoms with Gasteiger partial charge in [0.25, 0.3) is 5.91 Å². The number of fused-ring (bicyclic) bond motifs is 1. The van der Waals surface area contributed by atoms with Crippen LogP contribution in [0.25, 0.3) is 10.9 Å². The molecule has 0 aliphatic carbocycles. The standard InChI is InChI=1S/C19H19N3O3/c1-4-22-16-10-5-12(2)11-15(16)17(19(22)24)20-21-18(23)13-6-8-14(25-3)9-7-13/h5-11,24H,4H2,1-3H3. The van der Waals surface area contributed by atoms with E-state index in [1.54, 1.807) is 35.9 Å². The minimum absolute atomic E-state index is 0.00869. The largest absolute Gasteiger partial charge is 0.497 e. The van der Waals surface area contributed by atoms with Gasteiger partial charge in [-0.1, -0.05) is 11.6 Å². The summed E-state index contributed by atoms with van der Waals surface area (Å²) in [4.78, 5) is 12.2. The van der Waals surface area contributed by atoms with Crippen molar-refractivity contribution in [3.05, 3.63) is 53.6 Å². The van der Waals surface area contributed by atoms with E-state index in [4.69, 9.17) is 4.74 Å². The summed E-state index contributed by atoms with van der Waals surface area (Å²) in [6, 6.07) is 12.4. The lowest BCUT2D eigenvalue weighted by atomic mass is 10.1. The van der Waals surface area contributed by atoms with E-state index >= 15 is 0 Å². The highest BCUT2D eigenvalue weighted by Crippen LogP contribution is 2.39. The first-order chi connectivity index (χ1) is 12.0. The predicted molar refractivity (Wildman–Crippen MR) is 95.9 cm³/mol. The van der Waals surface area contributed by atoms with Crippen LogP contribution >= 0.6 is 0 Å². The molecule has 1 aromatic heterocycles. The van der Waals surface area contributed by atoms with E-state index < -0.39 is 5.91 Å². The smallest absolute Gasteiger partial charge is 0.295 e. The SMILES string of the molecule is CCn1c(O)c(N=NC(=O)c2ccc(OC)cc2)c2cc(C)ccc21. The number of methoxy groups -OCH3 is 1. The van der Waals surface area contributed by atoms with Crippen molar-refractivity contribution in [2.45, 2.75) is 20.4 Å². The van der Waals surface area contributed by atoms with Crippen LogP contribution in [0.3, 0.4) is 0 Å². The highest BCUT2D eigenvalue weighted by Gasteiger charge is 2.16. The molecule has 0 spiro atoms. The summed E-state index contributed by atoms with van der Waals surface area (Å²) in [5, 5.41) is 19.0. The molecule has 3 rings (SSSR count). The fourth-order valence-electron chi connectivity index (χ4n) is 2.74. The second kappa shape index (κ2) is 6.76. The van der Waals surface area contributed by atoms with E-state index in [-0.39, 0.29) is 5.88 Å². The number of hydrogen-bond donors (Lipinski definition) is 1. The maximum Gasteiger partial charge on any atom is 0.295 e. The average Bonchev–Trinajstić information content (AvgIpc) is 2.89. The number of aromatic nitrogens is 1. The topological polar surface area (TPSA) is 76.2 Å². The van der Waals surface area contributed by atoms with Gasteiger partial charge < -0.3 is 14.4 Å². The summed E-state index contributed by atoms with van der Waals surface area (Å²) >= 11 is 0. The van der Waals surface area contributed by atoms with Crippen LogP contribution in [-0.2, 0) is 6.54 Å². The second-order valence-corrected chi connectivity index (χ2v) is 5.67. The molecular formula is C19H19N3O3. The van der Waals surface area contributed by atoms with Crippen molar-refractivity contribution < 1.29 is 14.6 Å². The Morgan fingerprint density at radius 3 is 2.56 bits per heavy atom. The summed E-state index contributed by atoms with van der Waals surface area (Å²) in [6.45, 7) is 4.49. The molecule has 0 unspecified atom stereocenters. The van der Waals surface area contributed by atoms with Crippen molar-refractivity contribution in [1.29, 1.82) is 0 Å². The zero-order valence-electron chi connectivity index (χ0n) is 14.4. The van der Waals surface area contributed by atoms with Crippen LogP contribution < -0.4 is 4.74 Å². The Balaban J connectivity index is 1.98. The first-order valence-electron chi connectivity index (χ1n) is 7.97. The maximum atomic E-state index is 12.2. The highest BCUT2D eigenvalue weighted by atomic mass is 16.5. The third-order valence-electron chi connectivity index (χ3n) is 4.06. The Labute approximate surface area is 145 Å². The Morgan fingerprint density at radius 2 is 1.92 bits per heavy atom. The number of rotatable bonds is 4. The minimum atomic E-state index is -0.480. The first kappa shape index (κ1) is 16.7. The molecule has 1 heterocycles. The molecule has 128 valence electrons. The third kappa shape index (κ3) is 3.10. The Bertz CT molecular complexity index is 956. The second-order valence-electron chi connectivity index (χ2n) is 5.67. The number of azo groups is 1. The van der Waals surface area contributed by atoms with E-state index in [1.165, 1.54) is 0 Å². The molecule has 0 atom stereocenters. The van der Waals surface area contributed by atoms with Gasteiger partial charge in [-0.3, -0.25) is 4.79 Å². The number of carbonyl (C=O) groups excluding carboxylic acids is 1. The molecule has 6 nitrogen and oxygen atoms in total. The molecular weight excluding hydrogens is 318 g/mol. The number of hydrogen-bond acceptors (Lipinski definition) is 4. The van der Waals surface area contributed by atoms with Gasteiger partial charge in [0, 0.05) is 17.5 Å². The predicted octanol–water partition coefficient (Wildman–Crippen LogP) is 4.61.